The van der Waals surface area contributed by atoms with Crippen LogP contribution in [0.4, 0.5) is 5.82 Å². The monoisotopic (exact) mass is 194 g/mol. The second-order valence-electron chi connectivity index (χ2n) is 3.04. The summed E-state index contributed by atoms with van der Waals surface area (Å²) in [6.45, 7) is 4.07. The Morgan fingerprint density at radius 2 is 2.29 bits per heavy atom. The third kappa shape index (κ3) is 3.05. The number of ether oxygens (including phenoxy) is 1. The summed E-state index contributed by atoms with van der Waals surface area (Å²) in [5.74, 6) is 0.161. The van der Waals surface area contributed by atoms with Gasteiger partial charge in [0.2, 0.25) is 0 Å². The third-order valence-electron chi connectivity index (χ3n) is 1.67. The van der Waals surface area contributed by atoms with E-state index in [-0.39, 0.29) is 12.4 Å². The molecule has 1 aromatic heterocycles. The molecule has 0 aliphatic rings. The first-order valence-corrected chi connectivity index (χ1v) is 4.50. The highest BCUT2D eigenvalue weighted by Gasteiger charge is 2.05. The standard InChI is InChI=1S/C10H14N2O2/c1-3-14-10(13)6-8-4-7(2)5-9(11)12-8/h4-5H,3,6H2,1-2H3,(H2,11,12). The molecule has 0 radical (unpaired) electrons. The van der Waals surface area contributed by atoms with E-state index in [1.54, 1.807) is 13.0 Å². The van der Waals surface area contributed by atoms with Crippen LogP contribution in [0, 0.1) is 6.92 Å². The number of hydrogen-bond acceptors (Lipinski definition) is 4. The molecule has 14 heavy (non-hydrogen) atoms. The highest BCUT2D eigenvalue weighted by Crippen LogP contribution is 2.07. The predicted molar refractivity (Wildman–Crippen MR) is 53.7 cm³/mol. The topological polar surface area (TPSA) is 65.2 Å². The van der Waals surface area contributed by atoms with Gasteiger partial charge >= 0.3 is 5.97 Å². The fraction of sp³-hybridized carbons (Fsp3) is 0.400. The highest BCUT2D eigenvalue weighted by atomic mass is 16.5. The molecule has 0 unspecified atom stereocenters. The Labute approximate surface area is 83.1 Å². The maximum atomic E-state index is 11.1. The first-order valence-electron chi connectivity index (χ1n) is 4.50. The van der Waals surface area contributed by atoms with Crippen molar-refractivity contribution in [2.75, 3.05) is 12.3 Å². The number of pyridine rings is 1. The smallest absolute Gasteiger partial charge is 0.311 e. The molecule has 1 aromatic rings. The van der Waals surface area contributed by atoms with Gasteiger partial charge in [0.1, 0.15) is 5.82 Å². The number of nitrogen functional groups attached to an aromatic ring is 1. The number of nitrogens with zero attached hydrogens (tertiary/aromatic N) is 1. The summed E-state index contributed by atoms with van der Waals surface area (Å²) in [6.07, 6.45) is 0.180. The Kier molecular flexibility index (Phi) is 3.45. The lowest BCUT2D eigenvalue weighted by Gasteiger charge is -2.03. The van der Waals surface area contributed by atoms with E-state index in [1.807, 2.05) is 13.0 Å². The Bertz CT molecular complexity index is 317. The number of carbonyl (C=O) groups is 1. The minimum Gasteiger partial charge on any atom is -0.466 e. The van der Waals surface area contributed by atoms with Crippen LogP contribution >= 0.6 is 0 Å². The van der Waals surface area contributed by atoms with Crippen molar-refractivity contribution in [3.63, 3.8) is 0 Å². The molecule has 0 atom stereocenters. The minimum atomic E-state index is -0.273. The van der Waals surface area contributed by atoms with E-state index in [0.717, 1.165) is 5.56 Å². The first kappa shape index (κ1) is 10.5. The van der Waals surface area contributed by atoms with Crippen molar-refractivity contribution in [2.24, 2.45) is 0 Å². The molecule has 0 bridgehead atoms. The summed E-state index contributed by atoms with van der Waals surface area (Å²) < 4.78 is 4.81. The largest absolute Gasteiger partial charge is 0.466 e. The molecular weight excluding hydrogens is 180 g/mol. The van der Waals surface area contributed by atoms with Crippen molar-refractivity contribution in [3.05, 3.63) is 23.4 Å². The third-order valence-corrected chi connectivity index (χ3v) is 1.67. The number of esters is 1. The maximum Gasteiger partial charge on any atom is 0.311 e. The van der Waals surface area contributed by atoms with Gasteiger partial charge in [0.25, 0.3) is 0 Å². The summed E-state index contributed by atoms with van der Waals surface area (Å²) in [5, 5.41) is 0. The number of rotatable bonds is 3. The van der Waals surface area contributed by atoms with E-state index in [2.05, 4.69) is 4.98 Å². The fourth-order valence-corrected chi connectivity index (χ4v) is 1.22. The number of aryl methyl sites for hydroxylation is 1. The molecule has 0 aliphatic carbocycles. The second-order valence-corrected chi connectivity index (χ2v) is 3.04. The van der Waals surface area contributed by atoms with Gasteiger partial charge in [0.15, 0.2) is 0 Å². The Morgan fingerprint density at radius 3 is 2.86 bits per heavy atom. The van der Waals surface area contributed by atoms with Gasteiger partial charge in [0.05, 0.1) is 18.7 Å². The fourth-order valence-electron chi connectivity index (χ4n) is 1.22. The zero-order chi connectivity index (χ0) is 10.6. The molecule has 1 rings (SSSR count). The molecule has 76 valence electrons. The summed E-state index contributed by atoms with van der Waals surface area (Å²) in [7, 11) is 0. The van der Waals surface area contributed by atoms with Gasteiger partial charge in [-0.05, 0) is 31.5 Å². The quantitative estimate of drug-likeness (QED) is 0.731. The van der Waals surface area contributed by atoms with Crippen LogP contribution in [-0.4, -0.2) is 17.6 Å². The molecule has 1 heterocycles. The van der Waals surface area contributed by atoms with E-state index < -0.39 is 0 Å². The van der Waals surface area contributed by atoms with Crippen LogP contribution in [0.1, 0.15) is 18.2 Å². The van der Waals surface area contributed by atoms with E-state index >= 15 is 0 Å². The number of aromatic nitrogens is 1. The van der Waals surface area contributed by atoms with Crippen LogP contribution in [0.5, 0.6) is 0 Å². The molecule has 0 fully saturated rings. The van der Waals surface area contributed by atoms with E-state index in [4.69, 9.17) is 10.5 Å². The Balaban J connectivity index is 2.71. The van der Waals surface area contributed by atoms with Gasteiger partial charge in [-0.25, -0.2) is 4.98 Å². The van der Waals surface area contributed by atoms with E-state index in [9.17, 15) is 4.79 Å². The average Bonchev–Trinajstić information content (AvgIpc) is 2.01. The SMILES string of the molecule is CCOC(=O)Cc1cc(C)cc(N)n1. The lowest BCUT2D eigenvalue weighted by atomic mass is 10.2. The van der Waals surface area contributed by atoms with Crippen LogP contribution in [0.15, 0.2) is 12.1 Å². The lowest BCUT2D eigenvalue weighted by molar-refractivity contribution is -0.142. The molecule has 0 aromatic carbocycles. The lowest BCUT2D eigenvalue weighted by Crippen LogP contribution is -2.09. The van der Waals surface area contributed by atoms with Gasteiger partial charge in [-0.15, -0.1) is 0 Å². The van der Waals surface area contributed by atoms with Crippen LogP contribution < -0.4 is 5.73 Å². The Morgan fingerprint density at radius 1 is 1.57 bits per heavy atom. The van der Waals surface area contributed by atoms with Gasteiger partial charge in [-0.3, -0.25) is 4.79 Å². The zero-order valence-corrected chi connectivity index (χ0v) is 8.41. The Hall–Kier alpha value is -1.58. The number of carbonyl (C=O) groups excluding carboxylic acids is 1. The number of nitrogens with two attached hydrogens (primary N) is 1. The van der Waals surface area contributed by atoms with E-state index in [1.165, 1.54) is 0 Å². The van der Waals surface area contributed by atoms with Crippen LogP contribution in [0.3, 0.4) is 0 Å². The number of hydrogen-bond donors (Lipinski definition) is 1. The van der Waals surface area contributed by atoms with Crippen molar-refractivity contribution < 1.29 is 9.53 Å². The van der Waals surface area contributed by atoms with Crippen molar-refractivity contribution in [3.8, 4) is 0 Å². The zero-order valence-electron chi connectivity index (χ0n) is 8.41. The van der Waals surface area contributed by atoms with Crippen LogP contribution in [0.25, 0.3) is 0 Å². The summed E-state index contributed by atoms with van der Waals surface area (Å²) in [6, 6.07) is 3.59. The van der Waals surface area contributed by atoms with Crippen molar-refractivity contribution >= 4 is 11.8 Å². The van der Waals surface area contributed by atoms with Crippen molar-refractivity contribution in [2.45, 2.75) is 20.3 Å². The molecule has 0 amide bonds. The molecule has 0 spiro atoms. The average molecular weight is 194 g/mol. The van der Waals surface area contributed by atoms with Crippen molar-refractivity contribution in [1.29, 1.82) is 0 Å². The molecular formula is C10H14N2O2. The molecule has 0 saturated heterocycles. The molecule has 0 saturated carbocycles. The molecule has 2 N–H and O–H groups in total. The molecule has 4 nitrogen and oxygen atoms in total. The van der Waals surface area contributed by atoms with Crippen LogP contribution in [-0.2, 0) is 16.0 Å². The van der Waals surface area contributed by atoms with E-state index in [0.29, 0.717) is 18.1 Å². The van der Waals surface area contributed by atoms with Crippen LogP contribution in [0.2, 0.25) is 0 Å². The molecule has 4 heteroatoms. The predicted octanol–water partition coefficient (Wildman–Crippen LogP) is 1.08. The highest BCUT2D eigenvalue weighted by molar-refractivity contribution is 5.72. The summed E-state index contributed by atoms with van der Waals surface area (Å²) >= 11 is 0. The van der Waals surface area contributed by atoms with Gasteiger partial charge in [0, 0.05) is 0 Å². The summed E-state index contributed by atoms with van der Waals surface area (Å²) in [5.41, 5.74) is 7.20. The van der Waals surface area contributed by atoms with Gasteiger partial charge in [-0.2, -0.15) is 0 Å². The maximum absolute atomic E-state index is 11.1. The minimum absolute atomic E-state index is 0.180. The normalized spacial score (nSPS) is 9.86. The second kappa shape index (κ2) is 4.60. The van der Waals surface area contributed by atoms with Gasteiger partial charge in [-0.1, -0.05) is 0 Å². The summed E-state index contributed by atoms with van der Waals surface area (Å²) in [4.78, 5) is 15.2. The first-order chi connectivity index (χ1) is 6.61. The number of anilines is 1. The molecule has 0 aliphatic heterocycles. The van der Waals surface area contributed by atoms with Gasteiger partial charge < -0.3 is 10.5 Å². The van der Waals surface area contributed by atoms with Crippen molar-refractivity contribution in [1.82, 2.24) is 4.98 Å².